The maximum absolute atomic E-state index is 12.3. The molecule has 0 aliphatic rings. The first-order valence-electron chi connectivity index (χ1n) is 6.29. The number of hydrogen-bond donors (Lipinski definition) is 1. The minimum Gasteiger partial charge on any atom is -0.275 e. The van der Waals surface area contributed by atoms with Crippen molar-refractivity contribution in [3.63, 3.8) is 0 Å². The van der Waals surface area contributed by atoms with Crippen molar-refractivity contribution >= 4 is 37.6 Å². The van der Waals surface area contributed by atoms with E-state index in [1.54, 1.807) is 10.7 Å². The molecule has 0 fully saturated rings. The fraction of sp³-hybridized carbons (Fsp3) is 0.308. The highest BCUT2D eigenvalue weighted by molar-refractivity contribution is 9.10. The number of hydrogen-bond acceptors (Lipinski definition) is 3. The van der Waals surface area contributed by atoms with Gasteiger partial charge in [0.1, 0.15) is 0 Å². The molecular weight excluding hydrogens is 378 g/mol. The van der Waals surface area contributed by atoms with E-state index in [2.05, 4.69) is 25.8 Å². The summed E-state index contributed by atoms with van der Waals surface area (Å²) in [6, 6.07) is 4.50. The molecule has 0 saturated heterocycles. The van der Waals surface area contributed by atoms with Crippen LogP contribution in [0.4, 0.5) is 0 Å². The molecule has 1 N–H and O–H groups in total. The normalized spacial score (nSPS) is 11.8. The van der Waals surface area contributed by atoms with Crippen molar-refractivity contribution in [3.8, 4) is 0 Å². The Balaban J connectivity index is 2.19. The maximum Gasteiger partial charge on any atom is 0.240 e. The molecule has 0 spiro atoms. The summed E-state index contributed by atoms with van der Waals surface area (Å²) in [7, 11) is -1.78. The van der Waals surface area contributed by atoms with Crippen LogP contribution in [0.2, 0.25) is 5.02 Å². The zero-order valence-electron chi connectivity index (χ0n) is 11.6. The number of nitrogens with zero attached hydrogens (tertiary/aromatic N) is 2. The Kier molecular flexibility index (Phi) is 5.08. The van der Waals surface area contributed by atoms with E-state index >= 15 is 0 Å². The van der Waals surface area contributed by atoms with E-state index in [1.807, 2.05) is 20.2 Å². The van der Waals surface area contributed by atoms with Gasteiger partial charge in [-0.1, -0.05) is 18.5 Å². The van der Waals surface area contributed by atoms with Gasteiger partial charge < -0.3 is 0 Å². The van der Waals surface area contributed by atoms with Crippen LogP contribution < -0.4 is 4.72 Å². The first-order valence-corrected chi connectivity index (χ1v) is 8.95. The van der Waals surface area contributed by atoms with Crippen LogP contribution in [0.5, 0.6) is 0 Å². The molecule has 0 atom stereocenters. The summed E-state index contributed by atoms with van der Waals surface area (Å²) in [6.45, 7) is 2.19. The van der Waals surface area contributed by atoms with Crippen molar-refractivity contribution in [2.24, 2.45) is 7.05 Å². The summed E-state index contributed by atoms with van der Waals surface area (Å²) < 4.78 is 29.4. The van der Waals surface area contributed by atoms with Crippen molar-refractivity contribution in [2.45, 2.75) is 24.8 Å². The monoisotopic (exact) mass is 391 g/mol. The highest BCUT2D eigenvalue weighted by Crippen LogP contribution is 2.25. The van der Waals surface area contributed by atoms with E-state index in [1.165, 1.54) is 12.1 Å². The number of aryl methyl sites for hydroxylation is 2. The Morgan fingerprint density at radius 1 is 1.43 bits per heavy atom. The molecule has 2 aromatic rings. The molecule has 0 radical (unpaired) electrons. The summed E-state index contributed by atoms with van der Waals surface area (Å²) in [4.78, 5) is 0.167. The van der Waals surface area contributed by atoms with E-state index in [9.17, 15) is 8.42 Å². The Bertz CT molecular complexity index is 759. The zero-order chi connectivity index (χ0) is 15.6. The summed E-state index contributed by atoms with van der Waals surface area (Å²) in [5.74, 6) is 0. The Morgan fingerprint density at radius 2 is 2.14 bits per heavy atom. The third-order valence-electron chi connectivity index (χ3n) is 2.98. The zero-order valence-corrected chi connectivity index (χ0v) is 14.8. The van der Waals surface area contributed by atoms with E-state index < -0.39 is 10.0 Å². The smallest absolute Gasteiger partial charge is 0.240 e. The van der Waals surface area contributed by atoms with Gasteiger partial charge >= 0.3 is 0 Å². The van der Waals surface area contributed by atoms with Gasteiger partial charge in [-0.15, -0.1) is 0 Å². The second kappa shape index (κ2) is 6.48. The van der Waals surface area contributed by atoms with Gasteiger partial charge in [-0.3, -0.25) is 4.68 Å². The predicted octanol–water partition coefficient (Wildman–Crippen LogP) is 2.88. The molecule has 0 aliphatic carbocycles. The van der Waals surface area contributed by atoms with Crippen LogP contribution in [0.25, 0.3) is 0 Å². The highest BCUT2D eigenvalue weighted by Gasteiger charge is 2.16. The van der Waals surface area contributed by atoms with Gasteiger partial charge in [0.05, 0.1) is 15.6 Å². The van der Waals surface area contributed by atoms with E-state index in [0.29, 0.717) is 9.50 Å². The van der Waals surface area contributed by atoms with Gasteiger partial charge in [-0.2, -0.15) is 5.10 Å². The topological polar surface area (TPSA) is 64.0 Å². The van der Waals surface area contributed by atoms with Gasteiger partial charge in [0.15, 0.2) is 0 Å². The van der Waals surface area contributed by atoms with E-state index in [4.69, 9.17) is 11.6 Å². The quantitative estimate of drug-likeness (QED) is 0.851. The molecule has 5 nitrogen and oxygen atoms in total. The van der Waals surface area contributed by atoms with Gasteiger partial charge in [-0.25, -0.2) is 13.1 Å². The third-order valence-corrected chi connectivity index (χ3v) is 5.59. The lowest BCUT2D eigenvalue weighted by Crippen LogP contribution is -2.23. The average Bonchev–Trinajstić information content (AvgIpc) is 2.80. The molecule has 0 saturated carbocycles. The number of aromatic nitrogens is 2. The molecule has 114 valence electrons. The predicted molar refractivity (Wildman–Crippen MR) is 85.8 cm³/mol. The molecule has 21 heavy (non-hydrogen) atoms. The largest absolute Gasteiger partial charge is 0.275 e. The van der Waals surface area contributed by atoms with E-state index in [-0.39, 0.29) is 11.4 Å². The van der Waals surface area contributed by atoms with Crippen LogP contribution in [-0.2, 0) is 30.0 Å². The van der Waals surface area contributed by atoms with Crippen LogP contribution in [0.1, 0.15) is 18.2 Å². The minimum atomic E-state index is -3.59. The summed E-state index contributed by atoms with van der Waals surface area (Å²) in [6.07, 6.45) is 2.57. The number of halogens is 2. The summed E-state index contributed by atoms with van der Waals surface area (Å²) >= 11 is 9.10. The van der Waals surface area contributed by atoms with Crippen LogP contribution in [0, 0.1) is 0 Å². The van der Waals surface area contributed by atoms with Gasteiger partial charge in [0.25, 0.3) is 0 Å². The van der Waals surface area contributed by atoms with Crippen LogP contribution in [-0.4, -0.2) is 18.2 Å². The standard InChI is InChI=1S/C13H15BrClN3O2S/c1-3-13-9(8-18(2)17-13)7-16-21(19,20)10-4-5-12(15)11(14)6-10/h4-6,8,16H,3,7H2,1-2H3. The number of nitrogens with one attached hydrogen (secondary N) is 1. The van der Waals surface area contributed by atoms with E-state index in [0.717, 1.165) is 17.7 Å². The SMILES string of the molecule is CCc1nn(C)cc1CNS(=O)(=O)c1ccc(Cl)c(Br)c1. The van der Waals surface area contributed by atoms with Crippen LogP contribution in [0.15, 0.2) is 33.8 Å². The number of sulfonamides is 1. The van der Waals surface area contributed by atoms with Crippen molar-refractivity contribution in [2.75, 3.05) is 0 Å². The maximum atomic E-state index is 12.3. The second-order valence-corrected chi connectivity index (χ2v) is 7.56. The number of rotatable bonds is 5. The molecule has 0 aliphatic heterocycles. The molecule has 2 rings (SSSR count). The lowest BCUT2D eigenvalue weighted by atomic mass is 10.2. The summed E-state index contributed by atoms with van der Waals surface area (Å²) in [5, 5.41) is 4.75. The second-order valence-electron chi connectivity index (χ2n) is 4.53. The lowest BCUT2D eigenvalue weighted by molar-refractivity contribution is 0.581. The van der Waals surface area contributed by atoms with Crippen LogP contribution >= 0.6 is 27.5 Å². The fourth-order valence-corrected chi connectivity index (χ4v) is 3.61. The molecule has 1 heterocycles. The number of benzene rings is 1. The highest BCUT2D eigenvalue weighted by atomic mass is 79.9. The molecule has 8 heteroatoms. The molecular formula is C13H15BrClN3O2S. The van der Waals surface area contributed by atoms with Crippen molar-refractivity contribution < 1.29 is 8.42 Å². The molecule has 1 aromatic carbocycles. The van der Waals surface area contributed by atoms with Crippen LogP contribution in [0.3, 0.4) is 0 Å². The average molecular weight is 393 g/mol. The third kappa shape index (κ3) is 3.85. The fourth-order valence-electron chi connectivity index (χ4n) is 1.93. The Labute approximate surface area is 137 Å². The molecule has 0 unspecified atom stereocenters. The minimum absolute atomic E-state index is 0.167. The summed E-state index contributed by atoms with van der Waals surface area (Å²) in [5.41, 5.74) is 1.76. The van der Waals surface area contributed by atoms with Gasteiger partial charge in [0, 0.05) is 29.8 Å². The first-order chi connectivity index (χ1) is 9.83. The molecule has 1 aromatic heterocycles. The van der Waals surface area contributed by atoms with Gasteiger partial charge in [0.2, 0.25) is 10.0 Å². The Hall–Kier alpha value is -0.890. The molecule has 0 bridgehead atoms. The Morgan fingerprint density at radius 3 is 2.76 bits per heavy atom. The first kappa shape index (κ1) is 16.5. The van der Waals surface area contributed by atoms with Crippen molar-refractivity contribution in [3.05, 3.63) is 45.1 Å². The van der Waals surface area contributed by atoms with Crippen molar-refractivity contribution in [1.29, 1.82) is 0 Å². The lowest BCUT2D eigenvalue weighted by Gasteiger charge is -2.07. The molecule has 0 amide bonds. The van der Waals surface area contributed by atoms with Crippen molar-refractivity contribution in [1.82, 2.24) is 14.5 Å². The van der Waals surface area contributed by atoms with Gasteiger partial charge in [-0.05, 0) is 40.5 Å².